The molecular formula is C13H20BNO4S. The van der Waals surface area contributed by atoms with E-state index in [1.54, 1.807) is 7.05 Å². The van der Waals surface area contributed by atoms with Crippen LogP contribution >= 0.6 is 11.3 Å². The van der Waals surface area contributed by atoms with Crippen LogP contribution in [0.4, 0.5) is 4.79 Å². The Balaban J connectivity index is 2.09. The average molecular weight is 297 g/mol. The second kappa shape index (κ2) is 5.05. The van der Waals surface area contributed by atoms with Crippen LogP contribution < -0.4 is 5.46 Å². The fraction of sp³-hybridized carbons (Fsp3) is 0.615. The first kappa shape index (κ1) is 15.3. The van der Waals surface area contributed by atoms with Gasteiger partial charge in [-0.05, 0) is 44.6 Å². The zero-order valence-corrected chi connectivity index (χ0v) is 13.3. The molecule has 0 spiro atoms. The SMILES string of the molecule is CN(Cc1cc(B2OC(C)(C)C(C)(C)O2)cs1)C(=O)O. The predicted molar refractivity (Wildman–Crippen MR) is 79.5 cm³/mol. The summed E-state index contributed by atoms with van der Waals surface area (Å²) in [5.41, 5.74) is 0.220. The van der Waals surface area contributed by atoms with E-state index in [9.17, 15) is 4.79 Å². The molecule has 1 saturated heterocycles. The van der Waals surface area contributed by atoms with Gasteiger partial charge in [-0.3, -0.25) is 0 Å². The van der Waals surface area contributed by atoms with Gasteiger partial charge < -0.3 is 19.3 Å². The Morgan fingerprint density at radius 1 is 1.35 bits per heavy atom. The summed E-state index contributed by atoms with van der Waals surface area (Å²) >= 11 is 1.52. The molecule has 0 unspecified atom stereocenters. The number of thiophene rings is 1. The van der Waals surface area contributed by atoms with E-state index in [0.29, 0.717) is 6.54 Å². The third-order valence-corrected chi connectivity index (χ3v) is 4.86. The lowest BCUT2D eigenvalue weighted by Gasteiger charge is -2.32. The molecule has 5 nitrogen and oxygen atoms in total. The van der Waals surface area contributed by atoms with Crippen molar-refractivity contribution in [1.29, 1.82) is 0 Å². The molecule has 0 aromatic carbocycles. The molecule has 0 bridgehead atoms. The Kier molecular flexibility index (Phi) is 3.88. The molecule has 2 rings (SSSR count). The molecule has 110 valence electrons. The predicted octanol–water partition coefficient (Wildman–Crippen LogP) is 2.16. The van der Waals surface area contributed by atoms with Crippen LogP contribution in [0.15, 0.2) is 11.4 Å². The second-order valence-electron chi connectivity index (χ2n) is 6.07. The fourth-order valence-corrected chi connectivity index (χ4v) is 2.82. The average Bonchev–Trinajstić information content (AvgIpc) is 2.82. The summed E-state index contributed by atoms with van der Waals surface area (Å²) in [4.78, 5) is 13.0. The van der Waals surface area contributed by atoms with Crippen molar-refractivity contribution in [3.8, 4) is 0 Å². The van der Waals surface area contributed by atoms with Gasteiger partial charge in [0.05, 0.1) is 17.7 Å². The molecule has 1 amide bonds. The maximum atomic E-state index is 10.8. The van der Waals surface area contributed by atoms with E-state index in [0.717, 1.165) is 10.3 Å². The minimum absolute atomic E-state index is 0.363. The molecule has 2 heterocycles. The molecule has 20 heavy (non-hydrogen) atoms. The van der Waals surface area contributed by atoms with Gasteiger partial charge in [0.1, 0.15) is 0 Å². The Morgan fingerprint density at radius 2 is 1.90 bits per heavy atom. The maximum Gasteiger partial charge on any atom is 0.495 e. The number of hydrogen-bond donors (Lipinski definition) is 1. The molecule has 1 aliphatic rings. The summed E-state index contributed by atoms with van der Waals surface area (Å²) < 4.78 is 11.9. The Morgan fingerprint density at radius 3 is 2.40 bits per heavy atom. The monoisotopic (exact) mass is 297 g/mol. The Bertz CT molecular complexity index is 498. The largest absolute Gasteiger partial charge is 0.495 e. The zero-order valence-electron chi connectivity index (χ0n) is 12.5. The van der Waals surface area contributed by atoms with Gasteiger partial charge in [0.2, 0.25) is 0 Å². The smallest absolute Gasteiger partial charge is 0.465 e. The number of carbonyl (C=O) groups is 1. The molecule has 0 radical (unpaired) electrons. The maximum absolute atomic E-state index is 10.8. The van der Waals surface area contributed by atoms with Crippen molar-refractivity contribution < 1.29 is 19.2 Å². The van der Waals surface area contributed by atoms with E-state index in [-0.39, 0.29) is 18.3 Å². The third-order valence-electron chi connectivity index (χ3n) is 3.92. The van der Waals surface area contributed by atoms with Gasteiger partial charge in [0.15, 0.2) is 0 Å². The first-order valence-corrected chi connectivity index (χ1v) is 7.37. The fourth-order valence-electron chi connectivity index (χ4n) is 1.88. The van der Waals surface area contributed by atoms with E-state index < -0.39 is 6.09 Å². The van der Waals surface area contributed by atoms with Crippen LogP contribution in [0.25, 0.3) is 0 Å². The van der Waals surface area contributed by atoms with Crippen LogP contribution in [-0.2, 0) is 15.9 Å². The number of carboxylic acid groups (broad SMARTS) is 1. The molecule has 1 aromatic heterocycles. The minimum Gasteiger partial charge on any atom is -0.465 e. The van der Waals surface area contributed by atoms with Crippen LogP contribution in [0.1, 0.15) is 32.6 Å². The molecule has 1 N–H and O–H groups in total. The first-order chi connectivity index (χ1) is 9.12. The Labute approximate surface area is 123 Å². The first-order valence-electron chi connectivity index (χ1n) is 6.49. The normalized spacial score (nSPS) is 20.1. The lowest BCUT2D eigenvalue weighted by Crippen LogP contribution is -2.41. The molecule has 0 saturated carbocycles. The lowest BCUT2D eigenvalue weighted by atomic mass is 9.81. The molecule has 7 heteroatoms. The topological polar surface area (TPSA) is 59.0 Å². The zero-order chi connectivity index (χ0) is 15.1. The molecule has 1 aliphatic heterocycles. The summed E-state index contributed by atoms with van der Waals surface area (Å²) in [6.45, 7) is 8.42. The summed E-state index contributed by atoms with van der Waals surface area (Å²) in [6.07, 6.45) is -0.935. The highest BCUT2D eigenvalue weighted by Crippen LogP contribution is 2.36. The van der Waals surface area contributed by atoms with Crippen molar-refractivity contribution in [2.24, 2.45) is 0 Å². The molecule has 1 fully saturated rings. The third kappa shape index (κ3) is 2.84. The van der Waals surface area contributed by atoms with Crippen molar-refractivity contribution in [2.75, 3.05) is 7.05 Å². The number of amides is 1. The molecular weight excluding hydrogens is 277 g/mol. The van der Waals surface area contributed by atoms with Crippen LogP contribution in [0.2, 0.25) is 0 Å². The highest BCUT2D eigenvalue weighted by Gasteiger charge is 2.51. The second-order valence-corrected chi connectivity index (χ2v) is 7.07. The van der Waals surface area contributed by atoms with Crippen LogP contribution in [0.5, 0.6) is 0 Å². The Hall–Kier alpha value is -1.05. The molecule has 0 aliphatic carbocycles. The van der Waals surface area contributed by atoms with E-state index in [4.69, 9.17) is 14.4 Å². The summed E-state index contributed by atoms with van der Waals surface area (Å²) in [7, 11) is 1.16. The van der Waals surface area contributed by atoms with Gasteiger partial charge >= 0.3 is 13.2 Å². The lowest BCUT2D eigenvalue weighted by molar-refractivity contribution is 0.00578. The van der Waals surface area contributed by atoms with Crippen molar-refractivity contribution >= 4 is 30.0 Å². The van der Waals surface area contributed by atoms with E-state index in [1.807, 2.05) is 39.1 Å². The number of hydrogen-bond acceptors (Lipinski definition) is 4. The summed E-state index contributed by atoms with van der Waals surface area (Å²) in [5.74, 6) is 0. The van der Waals surface area contributed by atoms with Gasteiger partial charge in [0, 0.05) is 11.9 Å². The number of nitrogens with zero attached hydrogens (tertiary/aromatic N) is 1. The highest BCUT2D eigenvalue weighted by atomic mass is 32.1. The summed E-state index contributed by atoms with van der Waals surface area (Å²) in [6, 6.07) is 1.95. The van der Waals surface area contributed by atoms with E-state index in [2.05, 4.69) is 0 Å². The number of rotatable bonds is 3. The van der Waals surface area contributed by atoms with Crippen LogP contribution in [0, 0.1) is 0 Å². The van der Waals surface area contributed by atoms with Gasteiger partial charge in [-0.2, -0.15) is 0 Å². The highest BCUT2D eigenvalue weighted by molar-refractivity contribution is 7.11. The van der Waals surface area contributed by atoms with Gasteiger partial charge in [-0.25, -0.2) is 4.79 Å². The standard InChI is InChI=1S/C13H20BNO4S/c1-12(2)13(3,4)19-14(18-12)9-6-10(20-8-9)7-15(5)11(16)17/h6,8H,7H2,1-5H3,(H,16,17). The minimum atomic E-state index is -0.935. The summed E-state index contributed by atoms with van der Waals surface area (Å²) in [5, 5.41) is 10.8. The van der Waals surface area contributed by atoms with Crippen LogP contribution in [0.3, 0.4) is 0 Å². The van der Waals surface area contributed by atoms with Crippen LogP contribution in [-0.4, -0.2) is 41.5 Å². The van der Waals surface area contributed by atoms with E-state index in [1.165, 1.54) is 16.2 Å². The van der Waals surface area contributed by atoms with Gasteiger partial charge in [-0.15, -0.1) is 11.3 Å². The molecule has 0 atom stereocenters. The van der Waals surface area contributed by atoms with Gasteiger partial charge in [-0.1, -0.05) is 0 Å². The van der Waals surface area contributed by atoms with Gasteiger partial charge in [0.25, 0.3) is 0 Å². The molecule has 1 aromatic rings. The van der Waals surface area contributed by atoms with Crippen molar-refractivity contribution in [2.45, 2.75) is 45.4 Å². The quantitative estimate of drug-likeness (QED) is 0.869. The van der Waals surface area contributed by atoms with Crippen molar-refractivity contribution in [3.63, 3.8) is 0 Å². The van der Waals surface area contributed by atoms with Crippen molar-refractivity contribution in [1.82, 2.24) is 4.90 Å². The van der Waals surface area contributed by atoms with E-state index >= 15 is 0 Å². The van der Waals surface area contributed by atoms with Crippen molar-refractivity contribution in [3.05, 3.63) is 16.3 Å².